The Morgan fingerprint density at radius 1 is 1.35 bits per heavy atom. The van der Waals surface area contributed by atoms with Crippen molar-refractivity contribution in [2.24, 2.45) is 0 Å². The number of hydrogen-bond donors (Lipinski definition) is 0. The summed E-state index contributed by atoms with van der Waals surface area (Å²) in [4.78, 5) is 34.1. The molecule has 2 rings (SSSR count). The summed E-state index contributed by atoms with van der Waals surface area (Å²) in [7, 11) is 0. The van der Waals surface area contributed by atoms with Gasteiger partial charge < -0.3 is 9.80 Å². The molecule has 0 saturated carbocycles. The topological polar surface area (TPSA) is 66.4 Å². The summed E-state index contributed by atoms with van der Waals surface area (Å²) in [5.74, 6) is 0.489. The van der Waals surface area contributed by atoms with E-state index in [1.54, 1.807) is 29.0 Å². The zero-order chi connectivity index (χ0) is 12.3. The highest BCUT2D eigenvalue weighted by Gasteiger charge is 2.22. The molecule has 2 heterocycles. The molecule has 0 aliphatic carbocycles. The molecule has 0 aromatic carbocycles. The minimum Gasteiger partial charge on any atom is -0.342 e. The van der Waals surface area contributed by atoms with Crippen molar-refractivity contribution >= 4 is 12.3 Å². The molecule has 1 aliphatic heterocycles. The third-order valence-corrected chi connectivity index (χ3v) is 2.75. The summed E-state index contributed by atoms with van der Waals surface area (Å²) in [6.07, 6.45) is 2.40. The normalized spacial score (nSPS) is 15.8. The van der Waals surface area contributed by atoms with Crippen LogP contribution >= 0.6 is 0 Å². The van der Waals surface area contributed by atoms with E-state index < -0.39 is 0 Å². The fraction of sp³-hybridized carbons (Fsp3) is 0.455. The van der Waals surface area contributed by atoms with Gasteiger partial charge in [-0.15, -0.1) is 0 Å². The number of rotatable bonds is 2. The van der Waals surface area contributed by atoms with Gasteiger partial charge in [0.15, 0.2) is 0 Å². The second-order valence-corrected chi connectivity index (χ2v) is 3.92. The van der Waals surface area contributed by atoms with E-state index in [2.05, 4.69) is 9.97 Å². The number of aryl methyl sites for hydroxylation is 1. The van der Waals surface area contributed by atoms with Crippen LogP contribution in [0.25, 0.3) is 0 Å². The summed E-state index contributed by atoms with van der Waals surface area (Å²) in [5.41, 5.74) is 0.414. The Bertz CT molecular complexity index is 427. The number of carbonyl (C=O) groups is 2. The lowest BCUT2D eigenvalue weighted by Crippen LogP contribution is -2.48. The lowest BCUT2D eigenvalue weighted by Gasteiger charge is -2.32. The van der Waals surface area contributed by atoms with Gasteiger partial charge >= 0.3 is 0 Å². The van der Waals surface area contributed by atoms with Crippen molar-refractivity contribution in [3.63, 3.8) is 0 Å². The van der Waals surface area contributed by atoms with Gasteiger partial charge in [-0.05, 0) is 13.0 Å². The summed E-state index contributed by atoms with van der Waals surface area (Å²) in [6.45, 7) is 4.03. The van der Waals surface area contributed by atoms with Crippen molar-refractivity contribution in [1.29, 1.82) is 0 Å². The molecule has 1 saturated heterocycles. The van der Waals surface area contributed by atoms with E-state index in [0.29, 0.717) is 37.7 Å². The zero-order valence-corrected chi connectivity index (χ0v) is 9.67. The van der Waals surface area contributed by atoms with E-state index in [1.165, 1.54) is 0 Å². The number of hydrogen-bond acceptors (Lipinski definition) is 4. The van der Waals surface area contributed by atoms with Crippen molar-refractivity contribution in [2.45, 2.75) is 6.92 Å². The Morgan fingerprint density at radius 3 is 2.65 bits per heavy atom. The molecule has 1 aliphatic rings. The smallest absolute Gasteiger partial charge is 0.272 e. The number of aromatic nitrogens is 2. The second kappa shape index (κ2) is 4.90. The molecule has 0 radical (unpaired) electrons. The van der Waals surface area contributed by atoms with Crippen molar-refractivity contribution in [2.75, 3.05) is 26.2 Å². The van der Waals surface area contributed by atoms with Gasteiger partial charge in [0.05, 0.1) is 0 Å². The third-order valence-electron chi connectivity index (χ3n) is 2.75. The Balaban J connectivity index is 2.04. The van der Waals surface area contributed by atoms with Gasteiger partial charge in [0, 0.05) is 32.4 Å². The van der Waals surface area contributed by atoms with Crippen molar-refractivity contribution in [1.82, 2.24) is 19.8 Å². The first kappa shape index (κ1) is 11.5. The first-order valence-electron chi connectivity index (χ1n) is 5.49. The molecule has 6 nitrogen and oxygen atoms in total. The quantitative estimate of drug-likeness (QED) is 0.659. The van der Waals surface area contributed by atoms with Gasteiger partial charge in [0.2, 0.25) is 6.41 Å². The maximum absolute atomic E-state index is 12.1. The second-order valence-electron chi connectivity index (χ2n) is 3.92. The zero-order valence-electron chi connectivity index (χ0n) is 9.67. The molecule has 1 aromatic heterocycles. The van der Waals surface area contributed by atoms with Gasteiger partial charge in [0.1, 0.15) is 11.5 Å². The molecule has 0 unspecified atom stereocenters. The molecular weight excluding hydrogens is 220 g/mol. The maximum Gasteiger partial charge on any atom is 0.272 e. The summed E-state index contributed by atoms with van der Waals surface area (Å²) in [5, 5.41) is 0. The molecule has 2 amide bonds. The van der Waals surface area contributed by atoms with Gasteiger partial charge in [-0.25, -0.2) is 9.97 Å². The number of nitrogens with zero attached hydrogens (tertiary/aromatic N) is 4. The molecule has 0 atom stereocenters. The van der Waals surface area contributed by atoms with E-state index >= 15 is 0 Å². The summed E-state index contributed by atoms with van der Waals surface area (Å²) < 4.78 is 0. The minimum absolute atomic E-state index is 0.0963. The van der Waals surface area contributed by atoms with Gasteiger partial charge in [-0.2, -0.15) is 0 Å². The van der Waals surface area contributed by atoms with E-state index in [9.17, 15) is 9.59 Å². The van der Waals surface area contributed by atoms with Crippen LogP contribution in [0.2, 0.25) is 0 Å². The van der Waals surface area contributed by atoms with E-state index in [0.717, 1.165) is 6.41 Å². The molecule has 0 N–H and O–H groups in total. The van der Waals surface area contributed by atoms with Crippen LogP contribution in [0.1, 0.15) is 16.3 Å². The Hall–Kier alpha value is -1.98. The Kier molecular flexibility index (Phi) is 3.32. The van der Waals surface area contributed by atoms with Crippen LogP contribution in [0, 0.1) is 6.92 Å². The molecule has 0 bridgehead atoms. The lowest BCUT2D eigenvalue weighted by molar-refractivity contribution is -0.119. The Morgan fingerprint density at radius 2 is 2.06 bits per heavy atom. The van der Waals surface area contributed by atoms with Crippen LogP contribution in [0.15, 0.2) is 12.3 Å². The molecule has 1 aromatic rings. The van der Waals surface area contributed by atoms with Crippen LogP contribution in [-0.4, -0.2) is 58.3 Å². The Labute approximate surface area is 99.3 Å². The van der Waals surface area contributed by atoms with E-state index in [4.69, 9.17) is 0 Å². The molecular formula is C11H14N4O2. The standard InChI is InChI=1S/C11H14N4O2/c1-9-12-3-2-10(13-9)11(17)15-6-4-14(8-16)5-7-15/h2-3,8H,4-7H2,1H3. The van der Waals surface area contributed by atoms with Crippen LogP contribution in [0.4, 0.5) is 0 Å². The summed E-state index contributed by atoms with van der Waals surface area (Å²) >= 11 is 0. The number of carbonyl (C=O) groups excluding carboxylic acids is 2. The van der Waals surface area contributed by atoms with E-state index in [1.807, 2.05) is 0 Å². The maximum atomic E-state index is 12.1. The van der Waals surface area contributed by atoms with Gasteiger partial charge in [0.25, 0.3) is 5.91 Å². The number of amides is 2. The van der Waals surface area contributed by atoms with Crippen LogP contribution in [0.3, 0.4) is 0 Å². The van der Waals surface area contributed by atoms with Crippen LogP contribution < -0.4 is 0 Å². The SMILES string of the molecule is Cc1nccc(C(=O)N2CCN(C=O)CC2)n1. The highest BCUT2D eigenvalue weighted by atomic mass is 16.2. The average molecular weight is 234 g/mol. The van der Waals surface area contributed by atoms with Crippen molar-refractivity contribution in [3.8, 4) is 0 Å². The summed E-state index contributed by atoms with van der Waals surface area (Å²) in [6, 6.07) is 1.61. The van der Waals surface area contributed by atoms with Crippen molar-refractivity contribution < 1.29 is 9.59 Å². The van der Waals surface area contributed by atoms with Crippen LogP contribution in [0.5, 0.6) is 0 Å². The fourth-order valence-corrected chi connectivity index (χ4v) is 1.77. The average Bonchev–Trinajstić information content (AvgIpc) is 2.38. The molecule has 0 spiro atoms. The van der Waals surface area contributed by atoms with Crippen molar-refractivity contribution in [3.05, 3.63) is 23.8 Å². The minimum atomic E-state index is -0.0963. The fourth-order valence-electron chi connectivity index (χ4n) is 1.77. The monoisotopic (exact) mass is 234 g/mol. The van der Waals surface area contributed by atoms with E-state index in [-0.39, 0.29) is 5.91 Å². The lowest BCUT2D eigenvalue weighted by atomic mass is 10.3. The third kappa shape index (κ3) is 2.58. The van der Waals surface area contributed by atoms with Gasteiger partial charge in [-0.3, -0.25) is 9.59 Å². The first-order chi connectivity index (χ1) is 8.20. The van der Waals surface area contributed by atoms with Crippen LogP contribution in [-0.2, 0) is 4.79 Å². The number of piperazine rings is 1. The predicted octanol–water partition coefficient (Wildman–Crippen LogP) is -0.301. The molecule has 90 valence electrons. The first-order valence-corrected chi connectivity index (χ1v) is 5.49. The molecule has 17 heavy (non-hydrogen) atoms. The highest BCUT2D eigenvalue weighted by Crippen LogP contribution is 2.05. The predicted molar refractivity (Wildman–Crippen MR) is 60.3 cm³/mol. The molecule has 6 heteroatoms. The van der Waals surface area contributed by atoms with Gasteiger partial charge in [-0.1, -0.05) is 0 Å². The highest BCUT2D eigenvalue weighted by molar-refractivity contribution is 5.92. The largest absolute Gasteiger partial charge is 0.342 e. The molecule has 1 fully saturated rings.